The van der Waals surface area contributed by atoms with Crippen LogP contribution in [-0.4, -0.2) is 36.4 Å². The molecule has 0 aromatic rings. The van der Waals surface area contributed by atoms with Gasteiger partial charge in [-0.2, -0.15) is 0 Å². The number of aliphatic hydroxyl groups is 1. The van der Waals surface area contributed by atoms with E-state index in [1.54, 1.807) is 0 Å². The summed E-state index contributed by atoms with van der Waals surface area (Å²) >= 11 is 0. The number of carbonyl (C=O) groups excluding carboxylic acids is 2. The highest BCUT2D eigenvalue weighted by molar-refractivity contribution is 5.70. The van der Waals surface area contributed by atoms with Gasteiger partial charge in [-0.3, -0.25) is 9.59 Å². The molecule has 5 nitrogen and oxygen atoms in total. The average molecular weight is 1090 g/mol. The van der Waals surface area contributed by atoms with E-state index >= 15 is 0 Å². The molecule has 0 saturated heterocycles. The van der Waals surface area contributed by atoms with E-state index in [2.05, 4.69) is 74.6 Å². The lowest BCUT2D eigenvalue weighted by molar-refractivity contribution is -0.161. The number of rotatable bonds is 65. The fourth-order valence-corrected chi connectivity index (χ4v) is 10.6. The maximum atomic E-state index is 12.4. The number of aliphatic hydroxyl groups excluding tert-OH is 1. The van der Waals surface area contributed by atoms with Crippen LogP contribution in [-0.2, 0) is 19.1 Å². The van der Waals surface area contributed by atoms with Crippen LogP contribution in [0.3, 0.4) is 0 Å². The van der Waals surface area contributed by atoms with Gasteiger partial charge in [0.1, 0.15) is 6.61 Å². The molecule has 0 radical (unpaired) electrons. The summed E-state index contributed by atoms with van der Waals surface area (Å²) in [5.41, 5.74) is 0. The van der Waals surface area contributed by atoms with Gasteiger partial charge < -0.3 is 14.6 Å². The minimum Gasteiger partial charge on any atom is -0.462 e. The lowest BCUT2D eigenvalue weighted by atomic mass is 10.0. The van der Waals surface area contributed by atoms with Gasteiger partial charge in [-0.15, -0.1) is 0 Å². The Morgan fingerprint density at radius 1 is 0.308 bits per heavy atom. The van der Waals surface area contributed by atoms with Gasteiger partial charge in [-0.25, -0.2) is 0 Å². The van der Waals surface area contributed by atoms with Gasteiger partial charge >= 0.3 is 11.9 Å². The van der Waals surface area contributed by atoms with Crippen molar-refractivity contribution in [3.8, 4) is 0 Å². The van der Waals surface area contributed by atoms with Crippen molar-refractivity contribution in [2.75, 3.05) is 13.2 Å². The molecule has 0 fully saturated rings. The Morgan fingerprint density at radius 2 is 0.551 bits per heavy atom. The van der Waals surface area contributed by atoms with Crippen LogP contribution >= 0.6 is 0 Å². The lowest BCUT2D eigenvalue weighted by Crippen LogP contribution is -2.28. The second-order valence-corrected chi connectivity index (χ2v) is 23.6. The van der Waals surface area contributed by atoms with Crippen molar-refractivity contribution in [1.82, 2.24) is 0 Å². The third-order valence-electron chi connectivity index (χ3n) is 15.8. The first-order chi connectivity index (χ1) is 38.6. The summed E-state index contributed by atoms with van der Waals surface area (Å²) in [4.78, 5) is 24.6. The van der Waals surface area contributed by atoms with E-state index in [-0.39, 0.29) is 25.2 Å². The number of carbonyl (C=O) groups is 2. The predicted octanol–water partition coefficient (Wildman–Crippen LogP) is 24.1. The van der Waals surface area contributed by atoms with E-state index < -0.39 is 6.10 Å². The number of hydrogen-bond donors (Lipinski definition) is 1. The number of hydrogen-bond acceptors (Lipinski definition) is 5. The Balaban J connectivity index is 3.40. The van der Waals surface area contributed by atoms with Crippen LogP contribution in [0.5, 0.6) is 0 Å². The van der Waals surface area contributed by atoms with Crippen molar-refractivity contribution < 1.29 is 24.2 Å². The van der Waals surface area contributed by atoms with Crippen molar-refractivity contribution in [2.45, 2.75) is 380 Å². The van der Waals surface area contributed by atoms with Gasteiger partial charge in [-0.05, 0) is 57.8 Å². The fourth-order valence-electron chi connectivity index (χ4n) is 10.6. The van der Waals surface area contributed by atoms with E-state index in [9.17, 15) is 14.7 Å². The summed E-state index contributed by atoms with van der Waals surface area (Å²) in [5, 5.41) is 9.70. The molecule has 5 heteroatoms. The fraction of sp³-hybridized carbons (Fsp3) is 0.836. The van der Waals surface area contributed by atoms with Crippen molar-refractivity contribution in [1.29, 1.82) is 0 Å². The van der Waals surface area contributed by atoms with Crippen LogP contribution in [0.4, 0.5) is 0 Å². The van der Waals surface area contributed by atoms with Gasteiger partial charge in [0.25, 0.3) is 0 Å². The SMILES string of the molecule is CC/C=C\C/C=C\C/C=C\C/C=C\C/C=C\CCCCCCCCCCCCCCCCCC(=O)OC(CO)COC(=O)CCCCCCCCCCCCCCCCCCCCCCCCCCCCCCCCCCC. The maximum Gasteiger partial charge on any atom is 0.306 e. The zero-order valence-corrected chi connectivity index (χ0v) is 52.4. The molecule has 0 rings (SSSR count). The monoisotopic (exact) mass is 1090 g/mol. The summed E-state index contributed by atoms with van der Waals surface area (Å²) in [6.07, 6.45) is 94.0. The largest absolute Gasteiger partial charge is 0.462 e. The lowest BCUT2D eigenvalue weighted by Gasteiger charge is -2.15. The topological polar surface area (TPSA) is 72.8 Å². The Hall–Kier alpha value is -2.40. The smallest absolute Gasteiger partial charge is 0.306 e. The summed E-state index contributed by atoms with van der Waals surface area (Å²) in [6, 6.07) is 0. The molecular formula is C73H134O5. The molecule has 0 saturated carbocycles. The first-order valence-electron chi connectivity index (χ1n) is 34.8. The Kier molecular flexibility index (Phi) is 66.8. The van der Waals surface area contributed by atoms with E-state index in [1.165, 1.54) is 283 Å². The molecule has 0 heterocycles. The van der Waals surface area contributed by atoms with Crippen LogP contribution < -0.4 is 0 Å². The quantitative estimate of drug-likeness (QED) is 0.0373. The van der Waals surface area contributed by atoms with Gasteiger partial charge in [0.2, 0.25) is 0 Å². The normalized spacial score (nSPS) is 12.5. The first kappa shape index (κ1) is 75.6. The Labute approximate surface area is 487 Å². The van der Waals surface area contributed by atoms with Crippen molar-refractivity contribution in [3.05, 3.63) is 60.8 Å². The summed E-state index contributed by atoms with van der Waals surface area (Å²) in [7, 11) is 0. The van der Waals surface area contributed by atoms with Gasteiger partial charge in [0.15, 0.2) is 6.10 Å². The molecule has 0 bridgehead atoms. The van der Waals surface area contributed by atoms with Crippen LogP contribution in [0.2, 0.25) is 0 Å². The second kappa shape index (κ2) is 68.9. The molecule has 456 valence electrons. The molecule has 0 spiro atoms. The molecule has 1 unspecified atom stereocenters. The number of esters is 2. The maximum absolute atomic E-state index is 12.4. The predicted molar refractivity (Wildman–Crippen MR) is 344 cm³/mol. The third kappa shape index (κ3) is 66.1. The highest BCUT2D eigenvalue weighted by Gasteiger charge is 2.16. The highest BCUT2D eigenvalue weighted by atomic mass is 16.6. The van der Waals surface area contributed by atoms with Crippen LogP contribution in [0.1, 0.15) is 373 Å². The average Bonchev–Trinajstić information content (AvgIpc) is 3.44. The molecule has 0 aliphatic heterocycles. The molecular weight excluding hydrogens is 957 g/mol. The molecule has 0 aliphatic carbocycles. The van der Waals surface area contributed by atoms with Crippen LogP contribution in [0, 0.1) is 0 Å². The first-order valence-corrected chi connectivity index (χ1v) is 34.8. The minimum atomic E-state index is -0.773. The summed E-state index contributed by atoms with van der Waals surface area (Å²) in [5.74, 6) is -0.571. The Morgan fingerprint density at radius 3 is 0.833 bits per heavy atom. The van der Waals surface area contributed by atoms with Crippen LogP contribution in [0.25, 0.3) is 0 Å². The van der Waals surface area contributed by atoms with Crippen molar-refractivity contribution >= 4 is 11.9 Å². The molecule has 0 aliphatic rings. The number of ether oxygens (including phenoxy) is 2. The van der Waals surface area contributed by atoms with Gasteiger partial charge in [0, 0.05) is 12.8 Å². The molecule has 0 aromatic heterocycles. The zero-order valence-electron chi connectivity index (χ0n) is 52.4. The van der Waals surface area contributed by atoms with E-state index in [4.69, 9.17) is 9.47 Å². The third-order valence-corrected chi connectivity index (χ3v) is 15.8. The van der Waals surface area contributed by atoms with Crippen molar-refractivity contribution in [3.63, 3.8) is 0 Å². The summed E-state index contributed by atoms with van der Waals surface area (Å²) in [6.45, 7) is 4.08. The Bertz CT molecular complexity index is 1330. The van der Waals surface area contributed by atoms with E-state index in [1.807, 2.05) is 0 Å². The molecule has 0 amide bonds. The highest BCUT2D eigenvalue weighted by Crippen LogP contribution is 2.19. The molecule has 1 atom stereocenters. The van der Waals surface area contributed by atoms with Crippen LogP contribution in [0.15, 0.2) is 60.8 Å². The van der Waals surface area contributed by atoms with Gasteiger partial charge in [0.05, 0.1) is 6.61 Å². The standard InChI is InChI=1S/C73H134O5/c1-3-5-7-9-11-13-15-17-19-21-23-25-27-29-31-33-35-36-38-39-41-43-45-47-49-51-53-55-57-59-61-63-65-67-72(75)77-70-71(69-74)78-73(76)68-66-64-62-60-58-56-54-52-50-48-46-44-42-40-37-34-32-30-28-26-24-22-20-18-16-14-12-10-8-6-4-2/h6,8,12,14,18,20,24,26,30,32,71,74H,3-5,7,9-11,13,15-17,19,21-23,25,27-29,31,33-70H2,1-2H3/b8-6-,14-12-,20-18-,26-24-,32-30-. The van der Waals surface area contributed by atoms with E-state index in [0.717, 1.165) is 64.2 Å². The zero-order chi connectivity index (χ0) is 56.2. The minimum absolute atomic E-state index is 0.0618. The van der Waals surface area contributed by atoms with Crippen molar-refractivity contribution in [2.24, 2.45) is 0 Å². The summed E-state index contributed by atoms with van der Waals surface area (Å²) < 4.78 is 10.8. The molecule has 0 aromatic carbocycles. The molecule has 1 N–H and O–H groups in total. The number of unbranched alkanes of at least 4 members (excludes halogenated alkanes) is 47. The second-order valence-electron chi connectivity index (χ2n) is 23.6. The van der Waals surface area contributed by atoms with Gasteiger partial charge in [-0.1, -0.05) is 364 Å². The molecule has 78 heavy (non-hydrogen) atoms. The van der Waals surface area contributed by atoms with E-state index in [0.29, 0.717) is 12.8 Å². The number of allylic oxidation sites excluding steroid dienone is 10.